The molecule has 7 heteroatoms. The summed E-state index contributed by atoms with van der Waals surface area (Å²) in [6.07, 6.45) is 0. The molecule has 1 aromatic rings. The molecule has 0 N–H and O–H groups in total. The Hall–Kier alpha value is -1.63. The summed E-state index contributed by atoms with van der Waals surface area (Å²) in [7, 11) is 2.88. The van der Waals surface area contributed by atoms with Crippen LogP contribution >= 0.6 is 11.6 Å². The van der Waals surface area contributed by atoms with Crippen LogP contribution in [-0.4, -0.2) is 39.2 Å². The van der Waals surface area contributed by atoms with Gasteiger partial charge in [0.05, 0.1) is 36.6 Å². The monoisotopic (exact) mass is 339 g/mol. The van der Waals surface area contributed by atoms with E-state index in [1.807, 2.05) is 13.8 Å². The van der Waals surface area contributed by atoms with Crippen molar-refractivity contribution in [3.05, 3.63) is 28.3 Å². The van der Waals surface area contributed by atoms with Gasteiger partial charge >= 0.3 is 5.97 Å². The highest BCUT2D eigenvalue weighted by molar-refractivity contribution is 6.34. The van der Waals surface area contributed by atoms with Crippen LogP contribution in [0.1, 0.15) is 29.8 Å². The van der Waals surface area contributed by atoms with Crippen molar-refractivity contribution in [1.82, 2.24) is 0 Å². The summed E-state index contributed by atoms with van der Waals surface area (Å²) in [6.45, 7) is 4.75. The van der Waals surface area contributed by atoms with E-state index in [1.54, 1.807) is 13.1 Å². The molecule has 0 unspecified atom stereocenters. The molecular weight excluding hydrogens is 322 g/mol. The van der Waals surface area contributed by atoms with Crippen LogP contribution < -0.4 is 4.90 Å². The van der Waals surface area contributed by atoms with Gasteiger partial charge < -0.3 is 19.1 Å². The Bertz CT molecular complexity index is 690. The Labute approximate surface area is 139 Å². The number of rotatable bonds is 1. The van der Waals surface area contributed by atoms with Crippen molar-refractivity contribution < 1.29 is 23.8 Å². The van der Waals surface area contributed by atoms with Crippen LogP contribution in [0, 0.1) is 5.41 Å². The van der Waals surface area contributed by atoms with Crippen molar-refractivity contribution in [2.24, 2.45) is 5.41 Å². The van der Waals surface area contributed by atoms with Gasteiger partial charge in [0.1, 0.15) is 0 Å². The zero-order valence-electron chi connectivity index (χ0n) is 13.4. The number of ether oxygens (including phenoxy) is 3. The number of methoxy groups -OCH3 is 1. The van der Waals surface area contributed by atoms with Gasteiger partial charge in [-0.05, 0) is 12.1 Å². The maximum absolute atomic E-state index is 12.7. The molecule has 1 saturated heterocycles. The maximum Gasteiger partial charge on any atom is 0.339 e. The quantitative estimate of drug-likeness (QED) is 0.735. The number of carbonyl (C=O) groups is 2. The van der Waals surface area contributed by atoms with Gasteiger partial charge in [0, 0.05) is 18.0 Å². The fourth-order valence-corrected chi connectivity index (χ4v) is 3.01. The Morgan fingerprint density at radius 3 is 2.48 bits per heavy atom. The minimum absolute atomic E-state index is 0.178. The molecule has 0 aromatic heterocycles. The number of halogens is 1. The fraction of sp³-hybridized carbons (Fsp3) is 0.500. The van der Waals surface area contributed by atoms with Crippen molar-refractivity contribution in [3.8, 4) is 0 Å². The van der Waals surface area contributed by atoms with E-state index < -0.39 is 11.8 Å². The second kappa shape index (κ2) is 5.19. The van der Waals surface area contributed by atoms with Gasteiger partial charge in [-0.25, -0.2) is 4.79 Å². The number of nitrogens with zero attached hydrogens (tertiary/aromatic N) is 1. The molecule has 0 bridgehead atoms. The normalized spacial score (nSPS) is 21.4. The first-order chi connectivity index (χ1) is 10.7. The summed E-state index contributed by atoms with van der Waals surface area (Å²) in [5.74, 6) is -2.38. The third kappa shape index (κ3) is 2.33. The van der Waals surface area contributed by atoms with Crippen LogP contribution in [-0.2, 0) is 24.8 Å². The largest absolute Gasteiger partial charge is 0.465 e. The van der Waals surface area contributed by atoms with Crippen LogP contribution in [0.15, 0.2) is 12.1 Å². The second-order valence-corrected chi connectivity index (χ2v) is 6.97. The number of likely N-dealkylation sites (N-methyl/N-ethyl adjacent to an activating group) is 1. The first kappa shape index (κ1) is 16.2. The zero-order valence-corrected chi connectivity index (χ0v) is 14.2. The Kier molecular flexibility index (Phi) is 3.66. The summed E-state index contributed by atoms with van der Waals surface area (Å²) in [5.41, 5.74) is 1.06. The van der Waals surface area contributed by atoms with Crippen molar-refractivity contribution >= 4 is 29.2 Å². The summed E-state index contributed by atoms with van der Waals surface area (Å²) < 4.78 is 16.4. The summed E-state index contributed by atoms with van der Waals surface area (Å²) in [5, 5.41) is 0.190. The third-order valence-electron chi connectivity index (χ3n) is 4.13. The highest BCUT2D eigenvalue weighted by Crippen LogP contribution is 2.48. The third-order valence-corrected chi connectivity index (χ3v) is 4.44. The predicted molar refractivity (Wildman–Crippen MR) is 83.6 cm³/mol. The lowest BCUT2D eigenvalue weighted by Crippen LogP contribution is -2.51. The van der Waals surface area contributed by atoms with Gasteiger partial charge in [-0.15, -0.1) is 0 Å². The van der Waals surface area contributed by atoms with Gasteiger partial charge in [-0.1, -0.05) is 25.4 Å². The van der Waals surface area contributed by atoms with E-state index in [-0.39, 0.29) is 21.9 Å². The molecule has 0 atom stereocenters. The molecule has 3 rings (SSSR count). The lowest BCUT2D eigenvalue weighted by atomic mass is 9.93. The molecule has 2 aliphatic heterocycles. The maximum atomic E-state index is 12.7. The predicted octanol–water partition coefficient (Wildman–Crippen LogP) is 2.33. The summed E-state index contributed by atoms with van der Waals surface area (Å²) in [4.78, 5) is 25.9. The molecule has 124 valence electrons. The van der Waals surface area contributed by atoms with Crippen LogP contribution in [0.2, 0.25) is 5.02 Å². The van der Waals surface area contributed by atoms with Gasteiger partial charge in [-0.2, -0.15) is 0 Å². The number of hydrogen-bond donors (Lipinski definition) is 0. The minimum atomic E-state index is -1.49. The zero-order chi connectivity index (χ0) is 17.0. The van der Waals surface area contributed by atoms with Crippen LogP contribution in [0.3, 0.4) is 0 Å². The van der Waals surface area contributed by atoms with Crippen molar-refractivity contribution in [2.45, 2.75) is 19.6 Å². The Balaban J connectivity index is 2.11. The van der Waals surface area contributed by atoms with Gasteiger partial charge in [0.15, 0.2) is 0 Å². The van der Waals surface area contributed by atoms with E-state index in [1.165, 1.54) is 18.1 Å². The van der Waals surface area contributed by atoms with Gasteiger partial charge in [0.25, 0.3) is 11.7 Å². The number of esters is 1. The van der Waals surface area contributed by atoms with Crippen molar-refractivity contribution in [3.63, 3.8) is 0 Å². The average Bonchev–Trinajstić information content (AvgIpc) is 2.71. The van der Waals surface area contributed by atoms with Crippen LogP contribution in [0.4, 0.5) is 5.69 Å². The smallest absolute Gasteiger partial charge is 0.339 e. The van der Waals surface area contributed by atoms with Crippen molar-refractivity contribution in [1.29, 1.82) is 0 Å². The average molecular weight is 340 g/mol. The Morgan fingerprint density at radius 1 is 1.30 bits per heavy atom. The molecule has 1 spiro atoms. The Morgan fingerprint density at radius 2 is 1.91 bits per heavy atom. The van der Waals surface area contributed by atoms with E-state index >= 15 is 0 Å². The van der Waals surface area contributed by atoms with E-state index in [4.69, 9.17) is 25.8 Å². The molecule has 1 fully saturated rings. The number of fused-ring (bicyclic) bond motifs is 2. The molecule has 1 amide bonds. The summed E-state index contributed by atoms with van der Waals surface area (Å²) >= 11 is 6.19. The molecule has 6 nitrogen and oxygen atoms in total. The van der Waals surface area contributed by atoms with Gasteiger partial charge in [-0.3, -0.25) is 4.79 Å². The molecule has 2 aliphatic rings. The molecule has 23 heavy (non-hydrogen) atoms. The number of benzene rings is 1. The van der Waals surface area contributed by atoms with E-state index in [0.717, 1.165) is 0 Å². The number of amides is 1. The first-order valence-corrected chi connectivity index (χ1v) is 7.58. The molecule has 0 aliphatic carbocycles. The first-order valence-electron chi connectivity index (χ1n) is 7.20. The highest BCUT2D eigenvalue weighted by atomic mass is 35.5. The minimum Gasteiger partial charge on any atom is -0.465 e. The molecule has 2 heterocycles. The van der Waals surface area contributed by atoms with Crippen LogP contribution in [0.25, 0.3) is 0 Å². The van der Waals surface area contributed by atoms with Crippen LogP contribution in [0.5, 0.6) is 0 Å². The number of anilines is 1. The number of hydrogen-bond acceptors (Lipinski definition) is 5. The second-order valence-electron chi connectivity index (χ2n) is 6.56. The summed E-state index contributed by atoms with van der Waals surface area (Å²) in [6, 6.07) is 3.07. The topological polar surface area (TPSA) is 65.1 Å². The SMILES string of the molecule is COC(=O)c1cc2c(cc1Cl)C1(OCC(C)(C)CO1)C(=O)N2C. The molecule has 0 radical (unpaired) electrons. The van der Waals surface area contributed by atoms with E-state index in [2.05, 4.69) is 0 Å². The van der Waals surface area contributed by atoms with Gasteiger partial charge in [0.2, 0.25) is 0 Å². The fourth-order valence-electron chi connectivity index (χ4n) is 2.77. The van der Waals surface area contributed by atoms with E-state index in [0.29, 0.717) is 24.5 Å². The molecular formula is C16H18ClNO5. The number of carbonyl (C=O) groups excluding carboxylic acids is 2. The molecule has 1 aromatic carbocycles. The lowest BCUT2D eigenvalue weighted by Gasteiger charge is -2.40. The standard InChI is InChI=1S/C16H18ClNO5/c1-15(2)7-22-16(23-8-15)10-6-11(17)9(13(19)21-4)5-12(10)18(3)14(16)20/h5-6H,7-8H2,1-4H3. The molecule has 0 saturated carbocycles. The highest BCUT2D eigenvalue weighted by Gasteiger charge is 2.56. The van der Waals surface area contributed by atoms with E-state index in [9.17, 15) is 9.59 Å². The lowest BCUT2D eigenvalue weighted by molar-refractivity contribution is -0.286. The van der Waals surface area contributed by atoms with Crippen molar-refractivity contribution in [2.75, 3.05) is 32.3 Å².